The molecule has 0 fully saturated rings. The summed E-state index contributed by atoms with van der Waals surface area (Å²) in [5, 5.41) is 0. The van der Waals surface area contributed by atoms with E-state index in [4.69, 9.17) is 0 Å². The van der Waals surface area contributed by atoms with Gasteiger partial charge < -0.3 is 0 Å². The molecule has 72 valence electrons. The summed E-state index contributed by atoms with van der Waals surface area (Å²) in [6.45, 7) is 12.3. The van der Waals surface area contributed by atoms with Crippen molar-refractivity contribution in [1.82, 2.24) is 0 Å². The highest BCUT2D eigenvalue weighted by molar-refractivity contribution is 5.32. The van der Waals surface area contributed by atoms with Crippen LogP contribution in [-0.2, 0) is 0 Å². The molecule has 0 spiro atoms. The van der Waals surface area contributed by atoms with E-state index < -0.39 is 0 Å². The maximum atomic E-state index is 3.98. The van der Waals surface area contributed by atoms with Gasteiger partial charge in [-0.05, 0) is 32.8 Å². The number of hydrogen-bond acceptors (Lipinski definition) is 0. The quantitative estimate of drug-likeness (QED) is 0.556. The SMILES string of the molecule is C=C(CC)/C(C)=C/C=C(C)\C=C/C. The summed E-state index contributed by atoms with van der Waals surface area (Å²) in [6.07, 6.45) is 9.41. The summed E-state index contributed by atoms with van der Waals surface area (Å²) in [5.41, 5.74) is 3.75. The third-order valence-corrected chi connectivity index (χ3v) is 2.01. The van der Waals surface area contributed by atoms with Gasteiger partial charge in [-0.1, -0.05) is 49.0 Å². The van der Waals surface area contributed by atoms with E-state index in [0.29, 0.717) is 0 Å². The maximum Gasteiger partial charge on any atom is -0.0311 e. The normalized spacial score (nSPS) is 13.8. The lowest BCUT2D eigenvalue weighted by molar-refractivity contribution is 1.11. The minimum absolute atomic E-state index is 1.03. The van der Waals surface area contributed by atoms with Gasteiger partial charge in [-0.3, -0.25) is 0 Å². The lowest BCUT2D eigenvalue weighted by Crippen LogP contribution is -1.79. The Balaban J connectivity index is 4.41. The Bertz CT molecular complexity index is 249. The van der Waals surface area contributed by atoms with E-state index in [1.54, 1.807) is 0 Å². The fraction of sp³-hybridized carbons (Fsp3) is 0.385. The summed E-state index contributed by atoms with van der Waals surface area (Å²) in [4.78, 5) is 0. The van der Waals surface area contributed by atoms with E-state index in [-0.39, 0.29) is 0 Å². The number of allylic oxidation sites excluding steroid dienone is 7. The average molecular weight is 176 g/mol. The summed E-state index contributed by atoms with van der Waals surface area (Å²) < 4.78 is 0. The molecule has 0 aromatic rings. The van der Waals surface area contributed by atoms with Crippen molar-refractivity contribution >= 4 is 0 Å². The largest absolute Gasteiger partial charge is 0.0956 e. The molecule has 0 rings (SSSR count). The van der Waals surface area contributed by atoms with Crippen molar-refractivity contribution in [2.24, 2.45) is 0 Å². The third-order valence-electron chi connectivity index (χ3n) is 2.01. The second kappa shape index (κ2) is 6.47. The fourth-order valence-electron chi connectivity index (χ4n) is 0.972. The first kappa shape index (κ1) is 12.0. The summed E-state index contributed by atoms with van der Waals surface area (Å²) in [5.74, 6) is 0. The highest BCUT2D eigenvalue weighted by Gasteiger charge is 1.90. The van der Waals surface area contributed by atoms with E-state index in [2.05, 4.69) is 45.6 Å². The number of hydrogen-bond donors (Lipinski definition) is 0. The molecule has 0 saturated heterocycles. The Morgan fingerprint density at radius 2 is 1.85 bits per heavy atom. The van der Waals surface area contributed by atoms with E-state index in [1.807, 2.05) is 13.0 Å². The van der Waals surface area contributed by atoms with Crippen LogP contribution in [0, 0.1) is 0 Å². The van der Waals surface area contributed by atoms with Crippen molar-refractivity contribution < 1.29 is 0 Å². The molecule has 0 aromatic carbocycles. The Hall–Kier alpha value is -1.04. The standard InChI is InChI=1S/C13H20/c1-6-8-11(3)9-10-13(5)12(4)7-2/h6,8-10H,4,7H2,1-3,5H3/b8-6-,11-9-,13-10+. The Labute approximate surface area is 82.4 Å². The van der Waals surface area contributed by atoms with Gasteiger partial charge in [0.2, 0.25) is 0 Å². The monoisotopic (exact) mass is 176 g/mol. The van der Waals surface area contributed by atoms with Crippen LogP contribution >= 0.6 is 0 Å². The van der Waals surface area contributed by atoms with Crippen molar-refractivity contribution in [2.75, 3.05) is 0 Å². The molecular weight excluding hydrogens is 156 g/mol. The van der Waals surface area contributed by atoms with Crippen LogP contribution < -0.4 is 0 Å². The molecule has 0 aliphatic carbocycles. The van der Waals surface area contributed by atoms with Gasteiger partial charge in [-0.2, -0.15) is 0 Å². The molecule has 0 amide bonds. The van der Waals surface area contributed by atoms with Gasteiger partial charge in [-0.15, -0.1) is 0 Å². The smallest absolute Gasteiger partial charge is 0.0311 e. The van der Waals surface area contributed by atoms with Crippen LogP contribution in [0.25, 0.3) is 0 Å². The van der Waals surface area contributed by atoms with E-state index in [1.165, 1.54) is 16.7 Å². The second-order valence-electron chi connectivity index (χ2n) is 3.22. The van der Waals surface area contributed by atoms with Crippen LogP contribution in [0.2, 0.25) is 0 Å². The molecule has 0 unspecified atom stereocenters. The lowest BCUT2D eigenvalue weighted by Gasteiger charge is -1.99. The van der Waals surface area contributed by atoms with Crippen molar-refractivity contribution in [3.05, 3.63) is 47.6 Å². The van der Waals surface area contributed by atoms with Crippen molar-refractivity contribution in [3.8, 4) is 0 Å². The zero-order valence-corrected chi connectivity index (χ0v) is 9.22. The summed E-state index contributed by atoms with van der Waals surface area (Å²) in [6, 6.07) is 0. The third kappa shape index (κ3) is 5.24. The molecule has 0 heteroatoms. The molecule has 13 heavy (non-hydrogen) atoms. The van der Waals surface area contributed by atoms with Crippen molar-refractivity contribution in [3.63, 3.8) is 0 Å². The van der Waals surface area contributed by atoms with Crippen LogP contribution in [0.5, 0.6) is 0 Å². The molecule has 0 aliphatic heterocycles. The van der Waals surface area contributed by atoms with E-state index in [0.717, 1.165) is 6.42 Å². The summed E-state index contributed by atoms with van der Waals surface area (Å²) >= 11 is 0. The predicted molar refractivity (Wildman–Crippen MR) is 61.8 cm³/mol. The molecule has 0 heterocycles. The minimum Gasteiger partial charge on any atom is -0.0956 e. The Kier molecular flexibility index (Phi) is 5.96. The topological polar surface area (TPSA) is 0 Å². The highest BCUT2D eigenvalue weighted by atomic mass is 14.0. The Morgan fingerprint density at radius 3 is 2.31 bits per heavy atom. The molecule has 0 aliphatic rings. The van der Waals surface area contributed by atoms with E-state index >= 15 is 0 Å². The first-order valence-electron chi connectivity index (χ1n) is 4.77. The van der Waals surface area contributed by atoms with Gasteiger partial charge in [0.05, 0.1) is 0 Å². The van der Waals surface area contributed by atoms with Gasteiger partial charge in [0, 0.05) is 0 Å². The van der Waals surface area contributed by atoms with Crippen molar-refractivity contribution in [2.45, 2.75) is 34.1 Å². The molecule has 0 atom stereocenters. The fourth-order valence-corrected chi connectivity index (χ4v) is 0.972. The molecule has 0 N–H and O–H groups in total. The van der Waals surface area contributed by atoms with Crippen LogP contribution in [0.3, 0.4) is 0 Å². The van der Waals surface area contributed by atoms with Gasteiger partial charge in [-0.25, -0.2) is 0 Å². The zero-order chi connectivity index (χ0) is 10.3. The Morgan fingerprint density at radius 1 is 1.23 bits per heavy atom. The lowest BCUT2D eigenvalue weighted by atomic mass is 10.1. The first-order valence-corrected chi connectivity index (χ1v) is 4.77. The van der Waals surface area contributed by atoms with Crippen molar-refractivity contribution in [1.29, 1.82) is 0 Å². The van der Waals surface area contributed by atoms with Gasteiger partial charge in [0.15, 0.2) is 0 Å². The molecule has 0 aromatic heterocycles. The van der Waals surface area contributed by atoms with Gasteiger partial charge in [0.1, 0.15) is 0 Å². The predicted octanol–water partition coefficient (Wildman–Crippen LogP) is 4.42. The average Bonchev–Trinajstić information content (AvgIpc) is 2.13. The summed E-state index contributed by atoms with van der Waals surface area (Å²) in [7, 11) is 0. The minimum atomic E-state index is 1.03. The van der Waals surface area contributed by atoms with Crippen LogP contribution in [0.15, 0.2) is 47.6 Å². The second-order valence-corrected chi connectivity index (χ2v) is 3.22. The molecule has 0 saturated carbocycles. The highest BCUT2D eigenvalue weighted by Crippen LogP contribution is 2.10. The van der Waals surface area contributed by atoms with E-state index in [9.17, 15) is 0 Å². The molecule has 0 nitrogen and oxygen atoms in total. The first-order chi connectivity index (χ1) is 6.11. The van der Waals surface area contributed by atoms with Crippen LogP contribution in [0.1, 0.15) is 34.1 Å². The maximum absolute atomic E-state index is 3.98. The van der Waals surface area contributed by atoms with Gasteiger partial charge in [0.25, 0.3) is 0 Å². The van der Waals surface area contributed by atoms with Crippen LogP contribution in [-0.4, -0.2) is 0 Å². The molecular formula is C13H20. The van der Waals surface area contributed by atoms with Gasteiger partial charge >= 0.3 is 0 Å². The zero-order valence-electron chi connectivity index (χ0n) is 9.22. The van der Waals surface area contributed by atoms with Crippen LogP contribution in [0.4, 0.5) is 0 Å². The molecule has 0 radical (unpaired) electrons. The number of rotatable bonds is 4. The molecule has 0 bridgehead atoms.